The van der Waals surface area contributed by atoms with Gasteiger partial charge in [0, 0.05) is 25.4 Å². The number of anilines is 1. The summed E-state index contributed by atoms with van der Waals surface area (Å²) in [4.78, 5) is 17.2. The first-order valence-electron chi connectivity index (χ1n) is 4.91. The van der Waals surface area contributed by atoms with Gasteiger partial charge in [0.25, 0.3) is 5.91 Å². The highest BCUT2D eigenvalue weighted by molar-refractivity contribution is 5.94. The molecule has 0 bridgehead atoms. The lowest BCUT2D eigenvalue weighted by molar-refractivity contribution is 0.0785. The molecule has 0 aliphatic carbocycles. The summed E-state index contributed by atoms with van der Waals surface area (Å²) < 4.78 is 0. The van der Waals surface area contributed by atoms with E-state index in [0.717, 1.165) is 0 Å². The molecule has 0 saturated carbocycles. The van der Waals surface area contributed by atoms with Gasteiger partial charge in [0.1, 0.15) is 5.82 Å². The fourth-order valence-corrected chi connectivity index (χ4v) is 1.34. The summed E-state index contributed by atoms with van der Waals surface area (Å²) in [6, 6.07) is 5.21. The summed E-state index contributed by atoms with van der Waals surface area (Å²) in [5, 5.41) is 8.66. The van der Waals surface area contributed by atoms with Crippen molar-refractivity contribution in [1.82, 2.24) is 9.88 Å². The topological polar surface area (TPSA) is 83.0 Å². The van der Waals surface area contributed by atoms with E-state index in [2.05, 4.69) is 11.1 Å². The second-order valence-electron chi connectivity index (χ2n) is 3.69. The van der Waals surface area contributed by atoms with Crippen LogP contribution in [0.2, 0.25) is 0 Å². The zero-order valence-electron chi connectivity index (χ0n) is 9.34. The Labute approximate surface area is 94.5 Å². The van der Waals surface area contributed by atoms with Crippen molar-refractivity contribution in [1.29, 1.82) is 5.26 Å². The monoisotopic (exact) mass is 218 g/mol. The molecule has 1 aromatic heterocycles. The molecule has 1 heterocycles. The number of hydrogen-bond donors (Lipinski definition) is 1. The molecule has 2 N–H and O–H groups in total. The first kappa shape index (κ1) is 12.0. The largest absolute Gasteiger partial charge is 0.384 e. The molecular weight excluding hydrogens is 204 g/mol. The maximum atomic E-state index is 11.9. The minimum Gasteiger partial charge on any atom is -0.384 e. The van der Waals surface area contributed by atoms with Crippen molar-refractivity contribution in [2.75, 3.05) is 19.3 Å². The lowest BCUT2D eigenvalue weighted by Gasteiger charge is -2.18. The van der Waals surface area contributed by atoms with Crippen molar-refractivity contribution in [3.8, 4) is 6.07 Å². The van der Waals surface area contributed by atoms with Crippen molar-refractivity contribution in [3.05, 3.63) is 23.9 Å². The Morgan fingerprint density at radius 1 is 1.75 bits per heavy atom. The molecule has 1 unspecified atom stereocenters. The molecule has 1 amide bonds. The predicted molar refractivity (Wildman–Crippen MR) is 60.4 cm³/mol. The van der Waals surface area contributed by atoms with Crippen LogP contribution in [0.25, 0.3) is 0 Å². The summed E-state index contributed by atoms with van der Waals surface area (Å²) in [7, 11) is 1.66. The van der Waals surface area contributed by atoms with Gasteiger partial charge in [-0.2, -0.15) is 5.26 Å². The number of amides is 1. The van der Waals surface area contributed by atoms with Gasteiger partial charge < -0.3 is 10.6 Å². The molecule has 1 aromatic rings. The summed E-state index contributed by atoms with van der Waals surface area (Å²) >= 11 is 0. The fraction of sp³-hybridized carbons (Fsp3) is 0.364. The summed E-state index contributed by atoms with van der Waals surface area (Å²) in [6.07, 6.45) is 1.49. The van der Waals surface area contributed by atoms with E-state index in [4.69, 9.17) is 11.0 Å². The van der Waals surface area contributed by atoms with Gasteiger partial charge in [0.05, 0.1) is 12.0 Å². The molecule has 0 aliphatic heterocycles. The molecule has 5 heteroatoms. The number of carbonyl (C=O) groups excluding carboxylic acids is 1. The van der Waals surface area contributed by atoms with E-state index in [1.807, 2.05) is 0 Å². The van der Waals surface area contributed by atoms with E-state index >= 15 is 0 Å². The maximum Gasteiger partial charge on any atom is 0.253 e. The molecule has 0 radical (unpaired) electrons. The summed E-state index contributed by atoms with van der Waals surface area (Å²) in [5.74, 6) is -0.0306. The smallest absolute Gasteiger partial charge is 0.253 e. The zero-order chi connectivity index (χ0) is 12.1. The van der Waals surface area contributed by atoms with Gasteiger partial charge in [0.15, 0.2) is 0 Å². The van der Waals surface area contributed by atoms with Crippen LogP contribution in [0.4, 0.5) is 5.82 Å². The van der Waals surface area contributed by atoms with Gasteiger partial charge in [-0.1, -0.05) is 0 Å². The molecule has 1 rings (SSSR count). The number of nitrogen functional groups attached to an aromatic ring is 1. The highest BCUT2D eigenvalue weighted by atomic mass is 16.2. The Morgan fingerprint density at radius 3 is 3.00 bits per heavy atom. The molecule has 0 spiro atoms. The van der Waals surface area contributed by atoms with E-state index in [9.17, 15) is 4.79 Å². The predicted octanol–water partition coefficient (Wildman–Crippen LogP) is 0.895. The summed E-state index contributed by atoms with van der Waals surface area (Å²) in [6.45, 7) is 2.17. The van der Waals surface area contributed by atoms with Crippen molar-refractivity contribution in [3.63, 3.8) is 0 Å². The van der Waals surface area contributed by atoms with Gasteiger partial charge in [-0.3, -0.25) is 4.79 Å². The van der Waals surface area contributed by atoms with E-state index in [0.29, 0.717) is 17.9 Å². The number of nitrogens with zero attached hydrogens (tertiary/aromatic N) is 3. The van der Waals surface area contributed by atoms with Crippen molar-refractivity contribution >= 4 is 11.7 Å². The third kappa shape index (κ3) is 2.95. The second kappa shape index (κ2) is 5.12. The van der Waals surface area contributed by atoms with Crippen LogP contribution < -0.4 is 5.73 Å². The average Bonchev–Trinajstić information content (AvgIpc) is 2.27. The van der Waals surface area contributed by atoms with Crippen LogP contribution in [0.5, 0.6) is 0 Å². The SMILES string of the molecule is CC(C#N)CN(C)C(=O)c1ccnc(N)c1. The van der Waals surface area contributed by atoms with Gasteiger partial charge in [-0.15, -0.1) is 0 Å². The minimum atomic E-state index is -0.187. The number of carbonyl (C=O) groups is 1. The molecular formula is C11H14N4O. The quantitative estimate of drug-likeness (QED) is 0.816. The molecule has 5 nitrogen and oxygen atoms in total. The number of rotatable bonds is 3. The fourth-order valence-electron chi connectivity index (χ4n) is 1.34. The van der Waals surface area contributed by atoms with E-state index in [1.54, 1.807) is 20.0 Å². The molecule has 0 aliphatic rings. The molecule has 16 heavy (non-hydrogen) atoms. The molecule has 1 atom stereocenters. The highest BCUT2D eigenvalue weighted by Crippen LogP contribution is 2.07. The van der Waals surface area contributed by atoms with Crippen LogP contribution in [0, 0.1) is 17.2 Å². The van der Waals surface area contributed by atoms with Gasteiger partial charge in [-0.05, 0) is 19.1 Å². The molecule has 0 fully saturated rings. The molecule has 0 saturated heterocycles. The zero-order valence-corrected chi connectivity index (χ0v) is 9.34. The van der Waals surface area contributed by atoms with Crippen LogP contribution in [0.3, 0.4) is 0 Å². The first-order valence-corrected chi connectivity index (χ1v) is 4.91. The molecule has 0 aromatic carbocycles. The van der Waals surface area contributed by atoms with E-state index < -0.39 is 0 Å². The number of nitrogens with two attached hydrogens (primary N) is 1. The Kier molecular flexibility index (Phi) is 3.84. The summed E-state index contributed by atoms with van der Waals surface area (Å²) in [5.41, 5.74) is 5.98. The lowest BCUT2D eigenvalue weighted by Crippen LogP contribution is -2.30. The van der Waals surface area contributed by atoms with Crippen molar-refractivity contribution in [2.24, 2.45) is 5.92 Å². The second-order valence-corrected chi connectivity index (χ2v) is 3.69. The number of aromatic nitrogens is 1. The maximum absolute atomic E-state index is 11.9. The standard InChI is InChI=1S/C11H14N4O/c1-8(6-12)7-15(2)11(16)9-3-4-14-10(13)5-9/h3-5,8H,7H2,1-2H3,(H2,13,14). The lowest BCUT2D eigenvalue weighted by atomic mass is 10.1. The van der Waals surface area contributed by atoms with Crippen molar-refractivity contribution < 1.29 is 4.79 Å². The van der Waals surface area contributed by atoms with E-state index in [1.165, 1.54) is 17.2 Å². The van der Waals surface area contributed by atoms with Gasteiger partial charge >= 0.3 is 0 Å². The number of hydrogen-bond acceptors (Lipinski definition) is 4. The van der Waals surface area contributed by atoms with Crippen LogP contribution in [-0.2, 0) is 0 Å². The van der Waals surface area contributed by atoms with Gasteiger partial charge in [-0.25, -0.2) is 4.98 Å². The first-order chi connectivity index (χ1) is 7.54. The highest BCUT2D eigenvalue weighted by Gasteiger charge is 2.14. The Morgan fingerprint density at radius 2 is 2.44 bits per heavy atom. The van der Waals surface area contributed by atoms with Crippen LogP contribution in [-0.4, -0.2) is 29.4 Å². The van der Waals surface area contributed by atoms with Crippen LogP contribution in [0.15, 0.2) is 18.3 Å². The Hall–Kier alpha value is -2.09. The van der Waals surface area contributed by atoms with Crippen LogP contribution in [0.1, 0.15) is 17.3 Å². The normalized spacial score (nSPS) is 11.6. The Bertz CT molecular complexity index is 424. The Balaban J connectivity index is 2.75. The number of nitriles is 1. The third-order valence-corrected chi connectivity index (χ3v) is 2.14. The average molecular weight is 218 g/mol. The van der Waals surface area contributed by atoms with Crippen LogP contribution >= 0.6 is 0 Å². The van der Waals surface area contributed by atoms with Gasteiger partial charge in [0.2, 0.25) is 0 Å². The third-order valence-electron chi connectivity index (χ3n) is 2.14. The van der Waals surface area contributed by atoms with Crippen molar-refractivity contribution in [2.45, 2.75) is 6.92 Å². The number of pyridine rings is 1. The molecule has 84 valence electrons. The minimum absolute atomic E-state index is 0.156. The van der Waals surface area contributed by atoms with E-state index in [-0.39, 0.29) is 11.8 Å².